The maximum absolute atomic E-state index is 6.03. The molecule has 1 aliphatic carbocycles. The summed E-state index contributed by atoms with van der Waals surface area (Å²) in [6.45, 7) is 3.43. The van der Waals surface area contributed by atoms with E-state index in [4.69, 9.17) is 4.74 Å². The van der Waals surface area contributed by atoms with Gasteiger partial charge >= 0.3 is 0 Å². The Morgan fingerprint density at radius 3 is 2.50 bits per heavy atom. The van der Waals surface area contributed by atoms with E-state index in [0.29, 0.717) is 5.22 Å². The van der Waals surface area contributed by atoms with Gasteiger partial charge in [0.2, 0.25) is 0 Å². The molecule has 2 aliphatic rings. The topological polar surface area (TPSA) is 9.23 Å². The van der Waals surface area contributed by atoms with Gasteiger partial charge in [-0.05, 0) is 31.7 Å². The van der Waals surface area contributed by atoms with Gasteiger partial charge in [-0.1, -0.05) is 32.1 Å². The second-order valence-corrected chi connectivity index (χ2v) is 8.52. The Labute approximate surface area is 90.4 Å². The fourth-order valence-electron chi connectivity index (χ4n) is 3.15. The van der Waals surface area contributed by atoms with Crippen molar-refractivity contribution < 1.29 is 4.74 Å². The Morgan fingerprint density at radius 1 is 1.07 bits per heavy atom. The molecular weight excluding hydrogens is 188 g/mol. The van der Waals surface area contributed by atoms with E-state index in [-0.39, 0.29) is 9.52 Å². The van der Waals surface area contributed by atoms with Crippen LogP contribution >= 0.6 is 0 Å². The molecule has 0 bridgehead atoms. The lowest BCUT2D eigenvalue weighted by atomic mass is 10.0. The van der Waals surface area contributed by atoms with Crippen LogP contribution < -0.4 is 0 Å². The molecule has 2 fully saturated rings. The second-order valence-electron chi connectivity index (χ2n) is 5.46. The Bertz CT molecular complexity index is 169. The number of hydrogen-bond acceptors (Lipinski definition) is 1. The zero-order chi connectivity index (χ0) is 9.86. The summed E-state index contributed by atoms with van der Waals surface area (Å²) < 4.78 is 6.03. The summed E-state index contributed by atoms with van der Waals surface area (Å²) in [5, 5.41) is 0.375. The van der Waals surface area contributed by atoms with Crippen molar-refractivity contribution in [1.29, 1.82) is 0 Å². The van der Waals surface area contributed by atoms with Crippen molar-refractivity contribution in [1.82, 2.24) is 0 Å². The number of hydrogen-bond donors (Lipinski definition) is 0. The maximum atomic E-state index is 6.03. The van der Waals surface area contributed by atoms with E-state index >= 15 is 0 Å². The van der Waals surface area contributed by atoms with E-state index < -0.39 is 0 Å². The molecule has 0 spiro atoms. The first-order valence-corrected chi connectivity index (χ1v) is 7.95. The van der Waals surface area contributed by atoms with Crippen LogP contribution in [-0.2, 0) is 4.74 Å². The minimum Gasteiger partial charge on any atom is -0.379 e. The lowest BCUT2D eigenvalue weighted by molar-refractivity contribution is -0.00841. The molecule has 1 aliphatic heterocycles. The molecule has 0 aromatic rings. The van der Waals surface area contributed by atoms with Gasteiger partial charge in [0.15, 0.2) is 0 Å². The van der Waals surface area contributed by atoms with Crippen LogP contribution in [0.3, 0.4) is 0 Å². The normalized spacial score (nSPS) is 36.6. The van der Waals surface area contributed by atoms with E-state index in [2.05, 4.69) is 6.92 Å². The number of rotatable bonds is 2. The van der Waals surface area contributed by atoms with Crippen molar-refractivity contribution in [2.45, 2.75) is 69.1 Å². The molecule has 1 unspecified atom stereocenters. The maximum Gasteiger partial charge on any atom is 0.0622 e. The molecule has 1 nitrogen and oxygen atoms in total. The van der Waals surface area contributed by atoms with Gasteiger partial charge in [-0.25, -0.2) is 0 Å². The standard InChI is InChI=1S/C12H24OSi/c1-12(9-5-6-10-13-12)14-11-7-3-2-4-8-11/h11H,2-10,14H2,1H3. The molecule has 1 saturated heterocycles. The van der Waals surface area contributed by atoms with Gasteiger partial charge in [0.1, 0.15) is 0 Å². The minimum atomic E-state index is 0.00108. The molecule has 14 heavy (non-hydrogen) atoms. The Kier molecular flexibility index (Phi) is 3.66. The Balaban J connectivity index is 1.81. The van der Waals surface area contributed by atoms with Crippen molar-refractivity contribution in [3.8, 4) is 0 Å². The molecule has 0 aromatic carbocycles. The zero-order valence-corrected chi connectivity index (χ0v) is 11.0. The van der Waals surface area contributed by atoms with Crippen molar-refractivity contribution in [2.24, 2.45) is 0 Å². The average molecular weight is 212 g/mol. The van der Waals surface area contributed by atoms with Crippen molar-refractivity contribution in [3.05, 3.63) is 0 Å². The van der Waals surface area contributed by atoms with Crippen LogP contribution in [0.5, 0.6) is 0 Å². The predicted molar refractivity (Wildman–Crippen MR) is 63.6 cm³/mol. The van der Waals surface area contributed by atoms with Crippen LogP contribution in [-0.4, -0.2) is 21.4 Å². The minimum absolute atomic E-state index is 0.00108. The highest BCUT2D eigenvalue weighted by molar-refractivity contribution is 6.41. The highest BCUT2D eigenvalue weighted by Crippen LogP contribution is 2.34. The highest BCUT2D eigenvalue weighted by Gasteiger charge is 2.31. The molecule has 0 aromatic heterocycles. The third-order valence-corrected chi connectivity index (χ3v) is 6.81. The molecule has 0 radical (unpaired) electrons. The van der Waals surface area contributed by atoms with Crippen LogP contribution in [0.1, 0.15) is 58.3 Å². The summed E-state index contributed by atoms with van der Waals surface area (Å²) in [5.41, 5.74) is 1.10. The quantitative estimate of drug-likeness (QED) is 0.640. The van der Waals surface area contributed by atoms with Gasteiger partial charge in [0, 0.05) is 11.8 Å². The van der Waals surface area contributed by atoms with Gasteiger partial charge in [-0.3, -0.25) is 0 Å². The van der Waals surface area contributed by atoms with Crippen LogP contribution in [0.2, 0.25) is 5.54 Å². The molecule has 2 heteroatoms. The van der Waals surface area contributed by atoms with Crippen LogP contribution in [0, 0.1) is 0 Å². The van der Waals surface area contributed by atoms with Gasteiger partial charge in [-0.2, -0.15) is 0 Å². The van der Waals surface area contributed by atoms with E-state index in [9.17, 15) is 0 Å². The molecule has 2 rings (SSSR count). The lowest BCUT2D eigenvalue weighted by Gasteiger charge is -2.37. The molecule has 82 valence electrons. The van der Waals surface area contributed by atoms with Crippen molar-refractivity contribution in [2.75, 3.05) is 6.61 Å². The van der Waals surface area contributed by atoms with E-state index in [1.165, 1.54) is 51.4 Å². The average Bonchev–Trinajstić information content (AvgIpc) is 2.19. The first-order chi connectivity index (χ1) is 6.79. The third-order valence-electron chi connectivity index (χ3n) is 4.00. The van der Waals surface area contributed by atoms with Crippen molar-refractivity contribution >= 4 is 9.52 Å². The first kappa shape index (κ1) is 10.7. The van der Waals surface area contributed by atoms with E-state index in [1.807, 2.05) is 0 Å². The molecule has 0 amide bonds. The SMILES string of the molecule is CC1([SiH2]C2CCCCC2)CCCCO1. The monoisotopic (exact) mass is 212 g/mol. The highest BCUT2D eigenvalue weighted by atomic mass is 28.2. The van der Waals surface area contributed by atoms with Crippen LogP contribution in [0.4, 0.5) is 0 Å². The van der Waals surface area contributed by atoms with Gasteiger partial charge < -0.3 is 4.74 Å². The van der Waals surface area contributed by atoms with Gasteiger partial charge in [-0.15, -0.1) is 0 Å². The number of ether oxygens (including phenoxy) is 1. The van der Waals surface area contributed by atoms with Crippen LogP contribution in [0.15, 0.2) is 0 Å². The molecule has 1 saturated carbocycles. The molecule has 1 atom stereocenters. The summed E-state index contributed by atoms with van der Waals surface area (Å²) in [5.74, 6) is 0. The zero-order valence-electron chi connectivity index (χ0n) is 9.56. The summed E-state index contributed by atoms with van der Waals surface area (Å²) in [6.07, 6.45) is 11.6. The van der Waals surface area contributed by atoms with Crippen LogP contribution in [0.25, 0.3) is 0 Å². The Morgan fingerprint density at radius 2 is 1.86 bits per heavy atom. The van der Waals surface area contributed by atoms with E-state index in [1.54, 1.807) is 0 Å². The third kappa shape index (κ3) is 2.83. The summed E-state index contributed by atoms with van der Waals surface area (Å²) in [4.78, 5) is 0. The fraction of sp³-hybridized carbons (Fsp3) is 1.00. The molecular formula is C12H24OSi. The molecule has 0 N–H and O–H groups in total. The predicted octanol–water partition coefficient (Wildman–Crippen LogP) is 2.82. The molecule has 1 heterocycles. The summed E-state index contributed by atoms with van der Waals surface area (Å²) >= 11 is 0. The first-order valence-electron chi connectivity index (χ1n) is 6.42. The van der Waals surface area contributed by atoms with Crippen molar-refractivity contribution in [3.63, 3.8) is 0 Å². The second kappa shape index (κ2) is 4.80. The summed E-state index contributed by atoms with van der Waals surface area (Å²) in [7, 11) is 0.00108. The van der Waals surface area contributed by atoms with E-state index in [0.717, 1.165) is 12.1 Å². The summed E-state index contributed by atoms with van der Waals surface area (Å²) in [6, 6.07) is 0. The fourth-order valence-corrected chi connectivity index (χ4v) is 6.08. The smallest absolute Gasteiger partial charge is 0.0622 e. The largest absolute Gasteiger partial charge is 0.379 e. The van der Waals surface area contributed by atoms with Gasteiger partial charge in [0.25, 0.3) is 0 Å². The van der Waals surface area contributed by atoms with Gasteiger partial charge in [0.05, 0.1) is 9.52 Å². The Hall–Kier alpha value is 0.177. The lowest BCUT2D eigenvalue weighted by Crippen LogP contribution is -2.41.